The summed E-state index contributed by atoms with van der Waals surface area (Å²) in [6, 6.07) is 10.2. The van der Waals surface area contributed by atoms with Crippen LogP contribution in [0.4, 0.5) is 0 Å². The minimum Gasteiger partial charge on any atom is -0.339 e. The first-order valence-corrected chi connectivity index (χ1v) is 6.69. The Morgan fingerprint density at radius 1 is 1.28 bits per heavy atom. The van der Waals surface area contributed by atoms with Crippen molar-refractivity contribution in [3.63, 3.8) is 0 Å². The van der Waals surface area contributed by atoms with E-state index in [2.05, 4.69) is 31.2 Å². The van der Waals surface area contributed by atoms with Crippen LogP contribution in [0.5, 0.6) is 0 Å². The molecule has 0 aromatic heterocycles. The lowest BCUT2D eigenvalue weighted by Gasteiger charge is -2.22. The Morgan fingerprint density at radius 3 is 2.50 bits per heavy atom. The van der Waals surface area contributed by atoms with E-state index in [9.17, 15) is 4.79 Å². The lowest BCUT2D eigenvalue weighted by atomic mass is 10.1. The quantitative estimate of drug-likeness (QED) is 0.750. The maximum Gasteiger partial charge on any atom is 0.225 e. The summed E-state index contributed by atoms with van der Waals surface area (Å²) >= 11 is 0. The van der Waals surface area contributed by atoms with Gasteiger partial charge in [0.2, 0.25) is 5.91 Å². The van der Waals surface area contributed by atoms with E-state index in [1.54, 1.807) is 0 Å². The second-order valence-corrected chi connectivity index (χ2v) is 4.50. The van der Waals surface area contributed by atoms with E-state index >= 15 is 0 Å². The average molecular weight is 245 g/mol. The third-order valence-electron chi connectivity index (χ3n) is 3.16. The van der Waals surface area contributed by atoms with Crippen molar-refractivity contribution in [1.82, 2.24) is 4.90 Å². The predicted octanol–water partition coefficient (Wildman–Crippen LogP) is 3.59. The van der Waals surface area contributed by atoms with Gasteiger partial charge in [-0.05, 0) is 18.9 Å². The van der Waals surface area contributed by atoms with Crippen molar-refractivity contribution in [2.24, 2.45) is 5.92 Å². The molecule has 0 bridgehead atoms. The van der Waals surface area contributed by atoms with Gasteiger partial charge in [0.05, 0.1) is 0 Å². The van der Waals surface area contributed by atoms with Crippen LogP contribution in [0.1, 0.15) is 32.8 Å². The van der Waals surface area contributed by atoms with Gasteiger partial charge >= 0.3 is 0 Å². The molecule has 1 unspecified atom stereocenters. The first-order chi connectivity index (χ1) is 8.69. The molecule has 0 spiro atoms. The maximum absolute atomic E-state index is 12.0. The van der Waals surface area contributed by atoms with Crippen LogP contribution in [0.2, 0.25) is 0 Å². The van der Waals surface area contributed by atoms with Gasteiger partial charge in [0.25, 0.3) is 0 Å². The molecule has 0 aliphatic heterocycles. The van der Waals surface area contributed by atoms with Crippen molar-refractivity contribution in [2.75, 3.05) is 13.1 Å². The fourth-order valence-electron chi connectivity index (χ4n) is 1.74. The number of carbonyl (C=O) groups excluding carboxylic acids is 1. The van der Waals surface area contributed by atoms with Crippen molar-refractivity contribution in [3.8, 4) is 0 Å². The smallest absolute Gasteiger partial charge is 0.225 e. The van der Waals surface area contributed by atoms with Crippen LogP contribution in [0, 0.1) is 5.92 Å². The van der Waals surface area contributed by atoms with E-state index in [4.69, 9.17) is 0 Å². The van der Waals surface area contributed by atoms with E-state index < -0.39 is 0 Å². The fraction of sp³-hybridized carbons (Fsp3) is 0.438. The molecule has 1 aromatic rings. The van der Waals surface area contributed by atoms with Crippen molar-refractivity contribution in [3.05, 3.63) is 42.0 Å². The van der Waals surface area contributed by atoms with E-state index in [0.717, 1.165) is 13.0 Å². The standard InChI is InChI=1S/C16H23NO/c1-4-14(3)16(18)17(5-2)13-9-12-15-10-7-6-8-11-15/h6-12,14H,4-5,13H2,1-3H3/b12-9-. The van der Waals surface area contributed by atoms with Gasteiger partial charge in [-0.15, -0.1) is 0 Å². The summed E-state index contributed by atoms with van der Waals surface area (Å²) in [7, 11) is 0. The Morgan fingerprint density at radius 2 is 1.94 bits per heavy atom. The van der Waals surface area contributed by atoms with Crippen molar-refractivity contribution >= 4 is 12.0 Å². The molecular weight excluding hydrogens is 222 g/mol. The molecule has 0 aliphatic carbocycles. The Balaban J connectivity index is 2.54. The summed E-state index contributed by atoms with van der Waals surface area (Å²) in [4.78, 5) is 13.9. The second-order valence-electron chi connectivity index (χ2n) is 4.50. The molecule has 2 heteroatoms. The molecule has 0 radical (unpaired) electrons. The fourth-order valence-corrected chi connectivity index (χ4v) is 1.74. The molecule has 0 saturated carbocycles. The van der Waals surface area contributed by atoms with Gasteiger partial charge in [-0.25, -0.2) is 0 Å². The van der Waals surface area contributed by atoms with Crippen LogP contribution in [0.25, 0.3) is 6.08 Å². The molecule has 0 N–H and O–H groups in total. The summed E-state index contributed by atoms with van der Waals surface area (Å²) in [6.07, 6.45) is 5.02. The normalized spacial score (nSPS) is 12.6. The van der Waals surface area contributed by atoms with Crippen molar-refractivity contribution < 1.29 is 4.79 Å². The zero-order chi connectivity index (χ0) is 13.4. The van der Waals surface area contributed by atoms with Gasteiger partial charge in [0, 0.05) is 19.0 Å². The highest BCUT2D eigenvalue weighted by atomic mass is 16.2. The van der Waals surface area contributed by atoms with Gasteiger partial charge in [-0.3, -0.25) is 4.79 Å². The summed E-state index contributed by atoms with van der Waals surface area (Å²) < 4.78 is 0. The summed E-state index contributed by atoms with van der Waals surface area (Å²) in [5, 5.41) is 0. The molecule has 0 aliphatic rings. The Hall–Kier alpha value is -1.57. The maximum atomic E-state index is 12.0. The van der Waals surface area contributed by atoms with Crippen LogP contribution in [0.3, 0.4) is 0 Å². The third-order valence-corrected chi connectivity index (χ3v) is 3.16. The molecule has 1 amide bonds. The molecule has 1 atom stereocenters. The molecule has 18 heavy (non-hydrogen) atoms. The lowest BCUT2D eigenvalue weighted by molar-refractivity contribution is -0.134. The van der Waals surface area contributed by atoms with E-state index in [-0.39, 0.29) is 11.8 Å². The second kappa shape index (κ2) is 7.70. The topological polar surface area (TPSA) is 20.3 Å². The molecule has 98 valence electrons. The zero-order valence-corrected chi connectivity index (χ0v) is 11.6. The monoisotopic (exact) mass is 245 g/mol. The first-order valence-electron chi connectivity index (χ1n) is 6.69. The highest BCUT2D eigenvalue weighted by Crippen LogP contribution is 2.07. The van der Waals surface area contributed by atoms with Gasteiger partial charge < -0.3 is 4.90 Å². The number of amides is 1. The van der Waals surface area contributed by atoms with Gasteiger partial charge in [-0.1, -0.05) is 56.3 Å². The predicted molar refractivity (Wildman–Crippen MR) is 77.2 cm³/mol. The number of hydrogen-bond donors (Lipinski definition) is 0. The van der Waals surface area contributed by atoms with Gasteiger partial charge in [0.15, 0.2) is 0 Å². The number of nitrogens with zero attached hydrogens (tertiary/aromatic N) is 1. The van der Waals surface area contributed by atoms with Crippen LogP contribution in [-0.4, -0.2) is 23.9 Å². The largest absolute Gasteiger partial charge is 0.339 e. The highest BCUT2D eigenvalue weighted by molar-refractivity contribution is 5.78. The minimum absolute atomic E-state index is 0.120. The van der Waals surface area contributed by atoms with Gasteiger partial charge in [0.1, 0.15) is 0 Å². The number of hydrogen-bond acceptors (Lipinski definition) is 1. The molecule has 1 aromatic carbocycles. The molecule has 1 rings (SSSR count). The van der Waals surface area contributed by atoms with E-state index in [1.165, 1.54) is 5.56 Å². The number of likely N-dealkylation sites (N-methyl/N-ethyl adjacent to an activating group) is 1. The number of rotatable bonds is 6. The van der Waals surface area contributed by atoms with E-state index in [1.807, 2.05) is 36.9 Å². The van der Waals surface area contributed by atoms with Crippen molar-refractivity contribution in [1.29, 1.82) is 0 Å². The molecular formula is C16H23NO. The minimum atomic E-state index is 0.120. The van der Waals surface area contributed by atoms with Crippen molar-refractivity contribution in [2.45, 2.75) is 27.2 Å². The summed E-state index contributed by atoms with van der Waals surface area (Å²) in [5.41, 5.74) is 1.17. The SMILES string of the molecule is CCC(C)C(=O)N(CC)C/C=C\c1ccccc1. The van der Waals surface area contributed by atoms with Crippen LogP contribution < -0.4 is 0 Å². The average Bonchev–Trinajstić information content (AvgIpc) is 2.43. The number of benzene rings is 1. The Labute approximate surface area is 110 Å². The number of carbonyl (C=O) groups is 1. The van der Waals surface area contributed by atoms with Crippen LogP contribution >= 0.6 is 0 Å². The van der Waals surface area contributed by atoms with Gasteiger partial charge in [-0.2, -0.15) is 0 Å². The van der Waals surface area contributed by atoms with Crippen LogP contribution in [0.15, 0.2) is 36.4 Å². The molecule has 0 saturated heterocycles. The highest BCUT2D eigenvalue weighted by Gasteiger charge is 2.16. The third kappa shape index (κ3) is 4.36. The molecule has 2 nitrogen and oxygen atoms in total. The summed E-state index contributed by atoms with van der Waals surface area (Å²) in [6.45, 7) is 7.52. The molecule has 0 heterocycles. The summed E-state index contributed by atoms with van der Waals surface area (Å²) in [5.74, 6) is 0.368. The van der Waals surface area contributed by atoms with E-state index in [0.29, 0.717) is 6.54 Å². The first kappa shape index (κ1) is 14.5. The lowest BCUT2D eigenvalue weighted by Crippen LogP contribution is -2.34. The van der Waals surface area contributed by atoms with Crippen LogP contribution in [-0.2, 0) is 4.79 Å². The Bertz CT molecular complexity index is 383. The Kier molecular flexibility index (Phi) is 6.20. The molecule has 0 fully saturated rings. The zero-order valence-electron chi connectivity index (χ0n) is 11.6.